The molecule has 1 aliphatic heterocycles. The van der Waals surface area contributed by atoms with Crippen molar-refractivity contribution < 1.29 is 37.6 Å². The van der Waals surface area contributed by atoms with Crippen molar-refractivity contribution in [2.75, 3.05) is 10.6 Å². The molecule has 1 aliphatic rings. The van der Waals surface area contributed by atoms with E-state index in [9.17, 15) is 32.5 Å². The average molecular weight is 426 g/mol. The minimum atomic E-state index is -5.04. The van der Waals surface area contributed by atoms with Gasteiger partial charge in [-0.25, -0.2) is 18.1 Å². The zero-order valence-electron chi connectivity index (χ0n) is 14.8. The van der Waals surface area contributed by atoms with Crippen LogP contribution in [0.15, 0.2) is 47.4 Å². The van der Waals surface area contributed by atoms with E-state index in [4.69, 9.17) is 10.8 Å². The van der Waals surface area contributed by atoms with Gasteiger partial charge in [0.1, 0.15) is 10.1 Å². The van der Waals surface area contributed by atoms with Crippen molar-refractivity contribution >= 4 is 50.0 Å². The number of carboxylic acids is 1. The summed E-state index contributed by atoms with van der Waals surface area (Å²) in [6.07, 6.45) is 0. The molecule has 4 rings (SSSR count). The van der Waals surface area contributed by atoms with Crippen LogP contribution >= 0.6 is 0 Å². The summed E-state index contributed by atoms with van der Waals surface area (Å²) in [5.74, 6) is -4.19. The molecule has 0 saturated carbocycles. The van der Waals surface area contributed by atoms with Crippen LogP contribution in [-0.4, -0.2) is 35.9 Å². The number of hydrogen-bond donors (Lipinski definition) is 2. The summed E-state index contributed by atoms with van der Waals surface area (Å²) in [5, 5.41) is 21.0. The summed E-state index contributed by atoms with van der Waals surface area (Å²) >= 11 is 0. The van der Waals surface area contributed by atoms with E-state index in [-0.39, 0.29) is 33.3 Å². The molecule has 152 valence electrons. The number of hydrogen-bond acceptors (Lipinski definition) is 8. The number of benzene rings is 3. The fourth-order valence-corrected chi connectivity index (χ4v) is 4.07. The number of imide groups is 1. The van der Waals surface area contributed by atoms with Gasteiger partial charge in [-0.15, -0.1) is 0 Å². The topological polar surface area (TPSA) is 181 Å². The number of carboxylic acid groups (broad SMARTS) is 1. The highest BCUT2D eigenvalue weighted by atomic mass is 32.2. The molecule has 0 fully saturated rings. The molecule has 1 heterocycles. The van der Waals surface area contributed by atoms with Gasteiger partial charge in [0.25, 0.3) is 11.8 Å². The summed E-state index contributed by atoms with van der Waals surface area (Å²) in [5.41, 5.74) is 4.29. The number of anilines is 2. The number of nitrogens with two attached hydrogens (primary N) is 1. The van der Waals surface area contributed by atoms with Gasteiger partial charge < -0.3 is 20.5 Å². The van der Waals surface area contributed by atoms with Crippen molar-refractivity contribution in [3.8, 4) is 5.75 Å². The highest BCUT2D eigenvalue weighted by Gasteiger charge is 2.36. The van der Waals surface area contributed by atoms with Crippen molar-refractivity contribution in [3.63, 3.8) is 0 Å². The molecule has 3 N–H and O–H groups in total. The molecule has 0 unspecified atom stereocenters. The maximum atomic E-state index is 13.1. The maximum Gasteiger partial charge on any atom is 0.335 e. The molecular weight excluding hydrogens is 416 g/mol. The Labute approximate surface area is 168 Å². The fraction of sp³-hybridized carbons (Fsp3) is 0. The zero-order valence-corrected chi connectivity index (χ0v) is 15.6. The number of carbonyl (C=O) groups excluding carboxylic acids is 2. The predicted octanol–water partition coefficient (Wildman–Crippen LogP) is 0.899. The number of rotatable bonds is 3. The molecular formula is C19H10N2O8S-2. The second-order valence-corrected chi connectivity index (χ2v) is 7.80. The molecule has 3 aromatic rings. The van der Waals surface area contributed by atoms with Gasteiger partial charge in [0.05, 0.1) is 27.4 Å². The third kappa shape index (κ3) is 2.68. The maximum absolute atomic E-state index is 13.1. The Morgan fingerprint density at radius 2 is 1.70 bits per heavy atom. The minimum Gasteiger partial charge on any atom is -0.872 e. The van der Waals surface area contributed by atoms with Crippen LogP contribution in [0.2, 0.25) is 0 Å². The number of nitrogens with zero attached hydrogens (tertiary/aromatic N) is 1. The highest BCUT2D eigenvalue weighted by molar-refractivity contribution is 7.86. The van der Waals surface area contributed by atoms with E-state index in [0.717, 1.165) is 24.3 Å². The number of nitrogen functional groups attached to an aromatic ring is 1. The molecule has 0 aromatic heterocycles. The molecule has 2 amide bonds. The molecule has 10 nitrogen and oxygen atoms in total. The number of amides is 2. The van der Waals surface area contributed by atoms with Gasteiger partial charge in [-0.1, -0.05) is 23.9 Å². The summed E-state index contributed by atoms with van der Waals surface area (Å²) in [6, 6.07) is 7.80. The average Bonchev–Trinajstić information content (AvgIpc) is 2.67. The first-order chi connectivity index (χ1) is 14.0. The first kappa shape index (κ1) is 19.4. The molecule has 3 aromatic carbocycles. The van der Waals surface area contributed by atoms with Crippen LogP contribution in [0.3, 0.4) is 0 Å². The van der Waals surface area contributed by atoms with E-state index in [1.807, 2.05) is 0 Å². The van der Waals surface area contributed by atoms with Crippen LogP contribution in [0.4, 0.5) is 11.4 Å². The van der Waals surface area contributed by atoms with Crippen molar-refractivity contribution in [2.24, 2.45) is 0 Å². The number of aromatic carboxylic acids is 1. The van der Waals surface area contributed by atoms with Crippen molar-refractivity contribution in [3.05, 3.63) is 59.2 Å². The van der Waals surface area contributed by atoms with E-state index in [0.29, 0.717) is 4.90 Å². The van der Waals surface area contributed by atoms with Crippen LogP contribution in [0.1, 0.15) is 31.1 Å². The van der Waals surface area contributed by atoms with Gasteiger partial charge in [0.2, 0.25) is 0 Å². The lowest BCUT2D eigenvalue weighted by Gasteiger charge is -2.29. The first-order valence-electron chi connectivity index (χ1n) is 8.26. The van der Waals surface area contributed by atoms with Gasteiger partial charge in [-0.2, -0.15) is 0 Å². The molecule has 0 aliphatic carbocycles. The summed E-state index contributed by atoms with van der Waals surface area (Å²) in [6.45, 7) is 0. The van der Waals surface area contributed by atoms with E-state index in [2.05, 4.69) is 0 Å². The molecule has 30 heavy (non-hydrogen) atoms. The third-order valence-corrected chi connectivity index (χ3v) is 5.63. The van der Waals surface area contributed by atoms with Crippen LogP contribution in [0, 0.1) is 0 Å². The Bertz CT molecular complexity index is 1410. The molecule has 11 heteroatoms. The van der Waals surface area contributed by atoms with Crippen molar-refractivity contribution in [2.45, 2.75) is 4.90 Å². The van der Waals surface area contributed by atoms with Crippen LogP contribution in [0.25, 0.3) is 10.8 Å². The van der Waals surface area contributed by atoms with Gasteiger partial charge >= 0.3 is 5.97 Å². The largest absolute Gasteiger partial charge is 0.872 e. The van der Waals surface area contributed by atoms with E-state index >= 15 is 0 Å². The smallest absolute Gasteiger partial charge is 0.335 e. The fourth-order valence-electron chi connectivity index (χ4n) is 3.43. The summed E-state index contributed by atoms with van der Waals surface area (Å²) < 4.78 is 34.9. The lowest BCUT2D eigenvalue weighted by Crippen LogP contribution is -2.40. The van der Waals surface area contributed by atoms with Gasteiger partial charge in [-0.3, -0.25) is 9.59 Å². The van der Waals surface area contributed by atoms with E-state index in [1.165, 1.54) is 18.2 Å². The van der Waals surface area contributed by atoms with Crippen LogP contribution < -0.4 is 15.7 Å². The molecule has 0 atom stereocenters. The van der Waals surface area contributed by atoms with E-state index < -0.39 is 44.1 Å². The summed E-state index contributed by atoms with van der Waals surface area (Å²) in [4.78, 5) is 37.2. The van der Waals surface area contributed by atoms with Crippen molar-refractivity contribution in [1.29, 1.82) is 0 Å². The Balaban J connectivity index is 2.03. The highest BCUT2D eigenvalue weighted by Crippen LogP contribution is 2.38. The Morgan fingerprint density at radius 1 is 1.03 bits per heavy atom. The molecule has 0 radical (unpaired) electrons. The lowest BCUT2D eigenvalue weighted by atomic mass is 9.92. The van der Waals surface area contributed by atoms with Crippen LogP contribution in [-0.2, 0) is 10.1 Å². The van der Waals surface area contributed by atoms with Gasteiger partial charge in [0, 0.05) is 16.3 Å². The third-order valence-electron chi connectivity index (χ3n) is 4.75. The SMILES string of the molecule is Nc1c(S(=O)(=O)[O-])cc2c3c(cccc13)C(=O)N(c1ccc([O-])c(C(=O)O)c1)C2=O. The van der Waals surface area contributed by atoms with Crippen LogP contribution in [0.5, 0.6) is 5.75 Å². The second-order valence-electron chi connectivity index (χ2n) is 6.45. The Morgan fingerprint density at radius 3 is 2.33 bits per heavy atom. The Kier molecular flexibility index (Phi) is 4.05. The van der Waals surface area contributed by atoms with Crippen molar-refractivity contribution in [1.82, 2.24) is 0 Å². The Hall–Kier alpha value is -3.96. The molecule has 0 bridgehead atoms. The molecule has 0 saturated heterocycles. The second kappa shape index (κ2) is 6.27. The lowest BCUT2D eigenvalue weighted by molar-refractivity contribution is -0.268. The van der Waals surface area contributed by atoms with Gasteiger partial charge in [-0.05, 0) is 24.3 Å². The quantitative estimate of drug-likeness (QED) is 0.349. The minimum absolute atomic E-state index is 0.00766. The van der Waals surface area contributed by atoms with Gasteiger partial charge in [0.15, 0.2) is 0 Å². The van der Waals surface area contributed by atoms with E-state index in [1.54, 1.807) is 0 Å². The first-order valence-corrected chi connectivity index (χ1v) is 9.67. The number of carbonyl (C=O) groups is 3. The molecule has 0 spiro atoms. The standard InChI is InChI=1S/C19H12N2O8S/c20-16-9-2-1-3-10-15(9)12(7-14(16)30(27,28)29)18(24)21(17(10)23)8-4-5-13(22)11(6-8)19(25)26/h1-7,22H,20H2,(H,25,26)(H,27,28,29)/p-2. The normalized spacial score (nSPS) is 13.7. The monoisotopic (exact) mass is 426 g/mol. The predicted molar refractivity (Wildman–Crippen MR) is 100 cm³/mol. The summed E-state index contributed by atoms with van der Waals surface area (Å²) in [7, 11) is -5.04. The zero-order chi connectivity index (χ0) is 22.0.